The van der Waals surface area contributed by atoms with Crippen LogP contribution >= 0.6 is 0 Å². The van der Waals surface area contributed by atoms with Crippen LogP contribution in [0.1, 0.15) is 17.0 Å². The number of fused-ring (bicyclic) bond motifs is 1. The lowest BCUT2D eigenvalue weighted by atomic mass is 10.1. The van der Waals surface area contributed by atoms with Gasteiger partial charge in [0.2, 0.25) is 0 Å². The molecule has 4 nitrogen and oxygen atoms in total. The van der Waals surface area contributed by atoms with Crippen LogP contribution in [0.2, 0.25) is 0 Å². The molecule has 0 fully saturated rings. The molecule has 0 unspecified atom stereocenters. The van der Waals surface area contributed by atoms with Crippen molar-refractivity contribution in [1.82, 2.24) is 15.5 Å². The number of aryl methyl sites for hydroxylation is 1. The third-order valence-electron chi connectivity index (χ3n) is 3.02. The Kier molecular flexibility index (Phi) is 3.25. The second kappa shape index (κ2) is 5.20. The fourth-order valence-electron chi connectivity index (χ4n) is 2.05. The van der Waals surface area contributed by atoms with Crippen molar-refractivity contribution in [2.24, 2.45) is 0 Å². The maximum Gasteiger partial charge on any atom is 0.124 e. The molecule has 4 heteroatoms. The summed E-state index contributed by atoms with van der Waals surface area (Å²) < 4.78 is 4.79. The van der Waals surface area contributed by atoms with Gasteiger partial charge in [-0.05, 0) is 30.7 Å². The number of hydrogen-bond acceptors (Lipinski definition) is 4. The summed E-state index contributed by atoms with van der Waals surface area (Å²) >= 11 is 0. The van der Waals surface area contributed by atoms with Gasteiger partial charge in [-0.15, -0.1) is 0 Å². The predicted molar refractivity (Wildman–Crippen MR) is 73.5 cm³/mol. The molecule has 0 bridgehead atoms. The molecule has 0 spiro atoms. The SMILES string of the molecule is Cc1ccc2cc(CNCc3ccon3)ccc2n1. The van der Waals surface area contributed by atoms with Gasteiger partial charge in [0.15, 0.2) is 0 Å². The second-order valence-corrected chi connectivity index (χ2v) is 4.57. The number of pyridine rings is 1. The second-order valence-electron chi connectivity index (χ2n) is 4.57. The lowest BCUT2D eigenvalue weighted by Crippen LogP contribution is -2.12. The summed E-state index contributed by atoms with van der Waals surface area (Å²) in [4.78, 5) is 4.49. The van der Waals surface area contributed by atoms with Gasteiger partial charge in [-0.25, -0.2) is 0 Å². The number of nitrogens with one attached hydrogen (secondary N) is 1. The Morgan fingerprint density at radius 3 is 2.89 bits per heavy atom. The molecule has 0 amide bonds. The van der Waals surface area contributed by atoms with Crippen LogP contribution in [0, 0.1) is 6.92 Å². The van der Waals surface area contributed by atoms with E-state index in [1.54, 1.807) is 6.26 Å². The summed E-state index contributed by atoms with van der Waals surface area (Å²) in [7, 11) is 0. The molecular weight excluding hydrogens is 238 g/mol. The molecule has 0 aliphatic heterocycles. The maximum atomic E-state index is 4.79. The molecule has 0 saturated carbocycles. The van der Waals surface area contributed by atoms with E-state index in [9.17, 15) is 0 Å². The molecule has 1 aromatic carbocycles. The van der Waals surface area contributed by atoms with Gasteiger partial charge >= 0.3 is 0 Å². The topological polar surface area (TPSA) is 51.0 Å². The Labute approximate surface area is 111 Å². The summed E-state index contributed by atoms with van der Waals surface area (Å²) in [5, 5.41) is 8.37. The average Bonchev–Trinajstić information content (AvgIpc) is 2.92. The third kappa shape index (κ3) is 2.80. The lowest BCUT2D eigenvalue weighted by Gasteiger charge is -2.05. The van der Waals surface area contributed by atoms with Crippen molar-refractivity contribution in [3.05, 3.63) is 59.6 Å². The molecule has 0 aliphatic carbocycles. The van der Waals surface area contributed by atoms with E-state index in [2.05, 4.69) is 39.7 Å². The van der Waals surface area contributed by atoms with E-state index in [4.69, 9.17) is 4.52 Å². The molecule has 0 atom stereocenters. The van der Waals surface area contributed by atoms with Crippen molar-refractivity contribution < 1.29 is 4.52 Å². The zero-order valence-corrected chi connectivity index (χ0v) is 10.8. The van der Waals surface area contributed by atoms with Crippen LogP contribution < -0.4 is 5.32 Å². The first-order valence-electron chi connectivity index (χ1n) is 6.27. The Morgan fingerprint density at radius 1 is 1.11 bits per heavy atom. The summed E-state index contributed by atoms with van der Waals surface area (Å²) in [5.74, 6) is 0. The number of aromatic nitrogens is 2. The predicted octanol–water partition coefficient (Wildman–Crippen LogP) is 2.82. The van der Waals surface area contributed by atoms with Crippen LogP contribution in [0.5, 0.6) is 0 Å². The maximum absolute atomic E-state index is 4.79. The van der Waals surface area contributed by atoms with Gasteiger partial charge in [-0.2, -0.15) is 0 Å². The standard InChI is InChI=1S/C15H15N3O/c1-11-2-4-13-8-12(3-5-15(13)17-11)9-16-10-14-6-7-19-18-14/h2-8,16H,9-10H2,1H3. The first-order chi connectivity index (χ1) is 9.31. The summed E-state index contributed by atoms with van der Waals surface area (Å²) in [6.45, 7) is 3.52. The number of benzene rings is 1. The van der Waals surface area contributed by atoms with Crippen molar-refractivity contribution in [2.45, 2.75) is 20.0 Å². The van der Waals surface area contributed by atoms with Crippen LogP contribution in [0.3, 0.4) is 0 Å². The largest absolute Gasteiger partial charge is 0.364 e. The number of rotatable bonds is 4. The van der Waals surface area contributed by atoms with Gasteiger partial charge in [0.25, 0.3) is 0 Å². The molecular formula is C15H15N3O. The molecule has 0 radical (unpaired) electrons. The fraction of sp³-hybridized carbons (Fsp3) is 0.200. The summed E-state index contributed by atoms with van der Waals surface area (Å²) in [6.07, 6.45) is 1.58. The third-order valence-corrected chi connectivity index (χ3v) is 3.02. The van der Waals surface area contributed by atoms with Gasteiger partial charge in [0.05, 0.1) is 11.2 Å². The Hall–Kier alpha value is -2.20. The van der Waals surface area contributed by atoms with E-state index in [-0.39, 0.29) is 0 Å². The first kappa shape index (κ1) is 11.9. The van der Waals surface area contributed by atoms with Crippen LogP contribution in [-0.2, 0) is 13.1 Å². The summed E-state index contributed by atoms with van der Waals surface area (Å²) in [5.41, 5.74) is 4.24. The van der Waals surface area contributed by atoms with E-state index in [1.165, 1.54) is 10.9 Å². The van der Waals surface area contributed by atoms with E-state index in [1.807, 2.05) is 19.1 Å². The van der Waals surface area contributed by atoms with Crippen molar-refractivity contribution in [2.75, 3.05) is 0 Å². The molecule has 96 valence electrons. The van der Waals surface area contributed by atoms with Crippen molar-refractivity contribution in [1.29, 1.82) is 0 Å². The minimum atomic E-state index is 0.709. The molecule has 1 N–H and O–H groups in total. The van der Waals surface area contributed by atoms with Gasteiger partial charge < -0.3 is 9.84 Å². The smallest absolute Gasteiger partial charge is 0.124 e. The Balaban J connectivity index is 1.69. The molecule has 3 rings (SSSR count). The molecule has 0 aliphatic rings. The first-order valence-corrected chi connectivity index (χ1v) is 6.27. The molecule has 0 saturated heterocycles. The van der Waals surface area contributed by atoms with E-state index in [0.29, 0.717) is 6.54 Å². The highest BCUT2D eigenvalue weighted by molar-refractivity contribution is 5.79. The van der Waals surface area contributed by atoms with E-state index >= 15 is 0 Å². The van der Waals surface area contributed by atoms with Crippen LogP contribution in [-0.4, -0.2) is 10.1 Å². The Bertz CT molecular complexity index is 677. The van der Waals surface area contributed by atoms with Crippen molar-refractivity contribution >= 4 is 10.9 Å². The minimum Gasteiger partial charge on any atom is -0.364 e. The molecule has 2 heterocycles. The van der Waals surface area contributed by atoms with Crippen molar-refractivity contribution in [3.63, 3.8) is 0 Å². The minimum absolute atomic E-state index is 0.709. The highest BCUT2D eigenvalue weighted by Crippen LogP contribution is 2.14. The summed E-state index contributed by atoms with van der Waals surface area (Å²) in [6, 6.07) is 12.3. The zero-order valence-electron chi connectivity index (χ0n) is 10.8. The normalized spacial score (nSPS) is 11.0. The van der Waals surface area contributed by atoms with Gasteiger partial charge in [-0.1, -0.05) is 17.3 Å². The Morgan fingerprint density at radius 2 is 2.05 bits per heavy atom. The fourth-order valence-corrected chi connectivity index (χ4v) is 2.05. The molecule has 2 aromatic heterocycles. The lowest BCUT2D eigenvalue weighted by molar-refractivity contribution is 0.408. The average molecular weight is 253 g/mol. The van der Waals surface area contributed by atoms with Crippen LogP contribution in [0.25, 0.3) is 10.9 Å². The van der Waals surface area contributed by atoms with E-state index < -0.39 is 0 Å². The number of hydrogen-bond donors (Lipinski definition) is 1. The van der Waals surface area contributed by atoms with Crippen LogP contribution in [0.4, 0.5) is 0 Å². The molecule has 19 heavy (non-hydrogen) atoms. The molecule has 3 aromatic rings. The van der Waals surface area contributed by atoms with Gasteiger partial charge in [0, 0.05) is 30.2 Å². The van der Waals surface area contributed by atoms with Gasteiger partial charge in [-0.3, -0.25) is 4.98 Å². The number of nitrogens with zero attached hydrogens (tertiary/aromatic N) is 2. The zero-order chi connectivity index (χ0) is 13.1. The quantitative estimate of drug-likeness (QED) is 0.776. The van der Waals surface area contributed by atoms with Gasteiger partial charge in [0.1, 0.15) is 6.26 Å². The highest BCUT2D eigenvalue weighted by atomic mass is 16.5. The monoisotopic (exact) mass is 253 g/mol. The van der Waals surface area contributed by atoms with E-state index in [0.717, 1.165) is 23.4 Å². The van der Waals surface area contributed by atoms with Crippen LogP contribution in [0.15, 0.2) is 47.2 Å². The highest BCUT2D eigenvalue weighted by Gasteiger charge is 2.00. The van der Waals surface area contributed by atoms with Crippen molar-refractivity contribution in [3.8, 4) is 0 Å².